The predicted molar refractivity (Wildman–Crippen MR) is 59.3 cm³/mol. The van der Waals surface area contributed by atoms with E-state index < -0.39 is 0 Å². The van der Waals surface area contributed by atoms with Gasteiger partial charge in [-0.1, -0.05) is 25.6 Å². The lowest BCUT2D eigenvalue weighted by Gasteiger charge is -2.07. The molecule has 2 heteroatoms. The summed E-state index contributed by atoms with van der Waals surface area (Å²) in [5.41, 5.74) is 7.72. The van der Waals surface area contributed by atoms with Crippen LogP contribution < -0.4 is 10.5 Å². The molecule has 0 atom stereocenters. The molecule has 0 aliphatic heterocycles. The standard InChI is InChI=1S/C12H17NO/c1-3-10(2)9-14-12-6-4-5-11(7-12)8-13/h4-7H,2-3,8-9,13H2,1H3. The topological polar surface area (TPSA) is 35.2 Å². The van der Waals surface area contributed by atoms with Gasteiger partial charge in [-0.05, 0) is 29.7 Å². The van der Waals surface area contributed by atoms with Gasteiger partial charge in [0.25, 0.3) is 0 Å². The molecule has 0 fully saturated rings. The summed E-state index contributed by atoms with van der Waals surface area (Å²) in [7, 11) is 0. The van der Waals surface area contributed by atoms with Crippen LogP contribution in [-0.4, -0.2) is 6.61 Å². The van der Waals surface area contributed by atoms with Crippen molar-refractivity contribution in [2.75, 3.05) is 6.61 Å². The van der Waals surface area contributed by atoms with E-state index in [1.807, 2.05) is 24.3 Å². The van der Waals surface area contributed by atoms with E-state index in [9.17, 15) is 0 Å². The van der Waals surface area contributed by atoms with Gasteiger partial charge in [0.05, 0.1) is 0 Å². The summed E-state index contributed by atoms with van der Waals surface area (Å²) in [5.74, 6) is 0.863. The Labute approximate surface area is 85.4 Å². The van der Waals surface area contributed by atoms with Gasteiger partial charge in [-0.2, -0.15) is 0 Å². The molecule has 0 aliphatic rings. The summed E-state index contributed by atoms with van der Waals surface area (Å²) >= 11 is 0. The maximum absolute atomic E-state index is 5.55. The first-order valence-corrected chi connectivity index (χ1v) is 4.84. The molecule has 0 aliphatic carbocycles. The van der Waals surface area contributed by atoms with Crippen molar-refractivity contribution in [2.45, 2.75) is 19.9 Å². The molecule has 1 aromatic rings. The Morgan fingerprint density at radius 3 is 2.93 bits per heavy atom. The molecule has 0 unspecified atom stereocenters. The second-order valence-corrected chi connectivity index (χ2v) is 3.24. The average Bonchev–Trinajstić information content (AvgIpc) is 2.26. The van der Waals surface area contributed by atoms with Crippen molar-refractivity contribution in [3.8, 4) is 5.75 Å². The van der Waals surface area contributed by atoms with Crippen molar-refractivity contribution in [3.63, 3.8) is 0 Å². The molecular weight excluding hydrogens is 174 g/mol. The van der Waals surface area contributed by atoms with Gasteiger partial charge >= 0.3 is 0 Å². The minimum absolute atomic E-state index is 0.548. The molecule has 0 heterocycles. The lowest BCUT2D eigenvalue weighted by atomic mass is 10.2. The molecule has 2 nitrogen and oxygen atoms in total. The quantitative estimate of drug-likeness (QED) is 0.726. The first kappa shape index (κ1) is 10.8. The molecule has 76 valence electrons. The molecular formula is C12H17NO. The molecule has 0 saturated carbocycles. The summed E-state index contributed by atoms with van der Waals surface area (Å²) in [4.78, 5) is 0. The molecule has 0 saturated heterocycles. The van der Waals surface area contributed by atoms with E-state index in [-0.39, 0.29) is 0 Å². The van der Waals surface area contributed by atoms with Crippen molar-refractivity contribution in [1.82, 2.24) is 0 Å². The summed E-state index contributed by atoms with van der Waals surface area (Å²) in [5, 5.41) is 0. The van der Waals surface area contributed by atoms with E-state index in [0.29, 0.717) is 13.2 Å². The van der Waals surface area contributed by atoms with Crippen molar-refractivity contribution < 1.29 is 4.74 Å². The maximum atomic E-state index is 5.55. The van der Waals surface area contributed by atoms with E-state index in [2.05, 4.69) is 13.5 Å². The summed E-state index contributed by atoms with van der Waals surface area (Å²) in [6.07, 6.45) is 0.955. The number of ether oxygens (including phenoxy) is 1. The first-order valence-electron chi connectivity index (χ1n) is 4.84. The van der Waals surface area contributed by atoms with Crippen LogP contribution in [0.25, 0.3) is 0 Å². The summed E-state index contributed by atoms with van der Waals surface area (Å²) in [6, 6.07) is 7.83. The van der Waals surface area contributed by atoms with Crippen LogP contribution in [0.2, 0.25) is 0 Å². The van der Waals surface area contributed by atoms with Crippen molar-refractivity contribution in [2.24, 2.45) is 5.73 Å². The van der Waals surface area contributed by atoms with Crippen LogP contribution in [0.1, 0.15) is 18.9 Å². The Bertz CT molecular complexity index is 307. The normalized spacial score (nSPS) is 9.86. The fourth-order valence-electron chi connectivity index (χ4n) is 1.05. The Kier molecular flexibility index (Phi) is 4.20. The SMILES string of the molecule is C=C(CC)COc1cccc(CN)c1. The predicted octanol–water partition coefficient (Wildman–Crippen LogP) is 2.49. The van der Waals surface area contributed by atoms with Gasteiger partial charge in [-0.25, -0.2) is 0 Å². The largest absolute Gasteiger partial charge is 0.489 e. The molecule has 0 spiro atoms. The van der Waals surface area contributed by atoms with Crippen molar-refractivity contribution >= 4 is 0 Å². The average molecular weight is 191 g/mol. The van der Waals surface area contributed by atoms with Gasteiger partial charge in [0.2, 0.25) is 0 Å². The van der Waals surface area contributed by atoms with Crippen LogP contribution in [0.15, 0.2) is 36.4 Å². The number of rotatable bonds is 5. The highest BCUT2D eigenvalue weighted by atomic mass is 16.5. The summed E-state index contributed by atoms with van der Waals surface area (Å²) in [6.45, 7) is 7.09. The van der Waals surface area contributed by atoms with E-state index in [4.69, 9.17) is 10.5 Å². The number of nitrogens with two attached hydrogens (primary N) is 1. The first-order chi connectivity index (χ1) is 6.76. The van der Waals surface area contributed by atoms with Gasteiger partial charge in [-0.15, -0.1) is 0 Å². The van der Waals surface area contributed by atoms with E-state index in [1.165, 1.54) is 0 Å². The second-order valence-electron chi connectivity index (χ2n) is 3.24. The van der Waals surface area contributed by atoms with Crippen molar-refractivity contribution in [1.29, 1.82) is 0 Å². The fraction of sp³-hybridized carbons (Fsp3) is 0.333. The van der Waals surface area contributed by atoms with Gasteiger partial charge in [0.15, 0.2) is 0 Å². The molecule has 0 radical (unpaired) electrons. The third-order valence-corrected chi connectivity index (χ3v) is 2.08. The fourth-order valence-corrected chi connectivity index (χ4v) is 1.05. The van der Waals surface area contributed by atoms with Crippen LogP contribution in [-0.2, 0) is 6.54 Å². The number of hydrogen-bond acceptors (Lipinski definition) is 2. The highest BCUT2D eigenvalue weighted by Crippen LogP contribution is 2.13. The lowest BCUT2D eigenvalue weighted by Crippen LogP contribution is -2.01. The highest BCUT2D eigenvalue weighted by molar-refractivity contribution is 5.28. The third-order valence-electron chi connectivity index (χ3n) is 2.08. The molecule has 14 heavy (non-hydrogen) atoms. The Morgan fingerprint density at radius 2 is 2.29 bits per heavy atom. The number of benzene rings is 1. The van der Waals surface area contributed by atoms with E-state index in [0.717, 1.165) is 23.3 Å². The van der Waals surface area contributed by atoms with Crippen LogP contribution in [0, 0.1) is 0 Å². The molecule has 2 N–H and O–H groups in total. The number of hydrogen-bond donors (Lipinski definition) is 1. The summed E-state index contributed by atoms with van der Waals surface area (Å²) < 4.78 is 5.55. The van der Waals surface area contributed by atoms with Crippen molar-refractivity contribution in [3.05, 3.63) is 42.0 Å². The van der Waals surface area contributed by atoms with Crippen LogP contribution in [0.4, 0.5) is 0 Å². The Hall–Kier alpha value is -1.28. The van der Waals surface area contributed by atoms with Gasteiger partial charge in [0.1, 0.15) is 12.4 Å². The minimum atomic E-state index is 0.548. The Balaban J connectivity index is 2.54. The van der Waals surface area contributed by atoms with Crippen LogP contribution >= 0.6 is 0 Å². The highest BCUT2D eigenvalue weighted by Gasteiger charge is 1.96. The van der Waals surface area contributed by atoms with E-state index in [1.54, 1.807) is 0 Å². The molecule has 0 bridgehead atoms. The smallest absolute Gasteiger partial charge is 0.120 e. The minimum Gasteiger partial charge on any atom is -0.489 e. The van der Waals surface area contributed by atoms with E-state index >= 15 is 0 Å². The maximum Gasteiger partial charge on any atom is 0.120 e. The van der Waals surface area contributed by atoms with Gasteiger partial charge in [-0.3, -0.25) is 0 Å². The van der Waals surface area contributed by atoms with Gasteiger partial charge in [0, 0.05) is 6.54 Å². The second kappa shape index (κ2) is 5.45. The van der Waals surface area contributed by atoms with Crippen LogP contribution in [0.3, 0.4) is 0 Å². The molecule has 0 amide bonds. The zero-order valence-electron chi connectivity index (χ0n) is 8.62. The third kappa shape index (κ3) is 3.23. The molecule has 1 aromatic carbocycles. The molecule has 0 aromatic heterocycles. The Morgan fingerprint density at radius 1 is 1.50 bits per heavy atom. The van der Waals surface area contributed by atoms with Gasteiger partial charge < -0.3 is 10.5 Å². The zero-order valence-corrected chi connectivity index (χ0v) is 8.62. The lowest BCUT2D eigenvalue weighted by molar-refractivity contribution is 0.349. The monoisotopic (exact) mass is 191 g/mol. The zero-order chi connectivity index (χ0) is 10.4. The molecule has 1 rings (SSSR count). The van der Waals surface area contributed by atoms with Crippen LogP contribution in [0.5, 0.6) is 5.75 Å².